The van der Waals surface area contributed by atoms with E-state index in [-0.39, 0.29) is 62.0 Å². The van der Waals surface area contributed by atoms with Crippen LogP contribution in [0.2, 0.25) is 0 Å². The third-order valence-electron chi connectivity index (χ3n) is 0. The van der Waals surface area contributed by atoms with Crippen LogP contribution in [0.4, 0.5) is 0 Å². The maximum atomic E-state index is 9.00. The Labute approximate surface area is 83.9 Å². The number of carbonyl (C=O) groups is 1. The standard InChI is InChI=1S/C2H4O2.2Na.2H/c1-2(3)4;;;;/h1H3,(H,3,4);;;;/q;2*+1;2*-1. The molecule has 0 fully saturated rings. The Bertz CT molecular complexity index is 39.0. The number of carboxylic acids is 1. The summed E-state index contributed by atoms with van der Waals surface area (Å²) in [7, 11) is 0. The first kappa shape index (κ1) is 15.6. The zero-order valence-electron chi connectivity index (χ0n) is 6.36. The van der Waals surface area contributed by atoms with Gasteiger partial charge in [-0.3, -0.25) is 4.79 Å². The fourth-order valence-electron chi connectivity index (χ4n) is 0. The van der Waals surface area contributed by atoms with E-state index in [4.69, 9.17) is 9.90 Å². The molecule has 0 rings (SSSR count). The quantitative estimate of drug-likeness (QED) is 0.314. The summed E-state index contributed by atoms with van der Waals surface area (Å²) in [5.74, 6) is -0.833. The minimum atomic E-state index is -0.833. The molecule has 0 aromatic rings. The van der Waals surface area contributed by atoms with E-state index in [1.807, 2.05) is 0 Å². The zero-order valence-corrected chi connectivity index (χ0v) is 8.36. The second-order valence-corrected chi connectivity index (χ2v) is 0.519. The summed E-state index contributed by atoms with van der Waals surface area (Å²) in [6.45, 7) is 1.08. The van der Waals surface area contributed by atoms with E-state index in [1.54, 1.807) is 0 Å². The van der Waals surface area contributed by atoms with Gasteiger partial charge in [0.25, 0.3) is 5.97 Å². The minimum Gasteiger partial charge on any atom is -1.00 e. The van der Waals surface area contributed by atoms with Crippen molar-refractivity contribution in [3.63, 3.8) is 0 Å². The van der Waals surface area contributed by atoms with Crippen LogP contribution in [0.5, 0.6) is 0 Å². The van der Waals surface area contributed by atoms with Crippen LogP contribution in [-0.4, -0.2) is 11.1 Å². The normalized spacial score (nSPS) is 4.17. The number of rotatable bonds is 0. The maximum absolute atomic E-state index is 9.00. The van der Waals surface area contributed by atoms with Crippen LogP contribution in [0.15, 0.2) is 0 Å². The number of carboxylic acid groups (broad SMARTS) is 1. The third-order valence-corrected chi connectivity index (χ3v) is 0. The monoisotopic (exact) mass is 108 g/mol. The molecular formula is C2H6Na2O2. The summed E-state index contributed by atoms with van der Waals surface area (Å²) in [5, 5.41) is 7.42. The van der Waals surface area contributed by atoms with Gasteiger partial charge in [0, 0.05) is 6.92 Å². The topological polar surface area (TPSA) is 37.3 Å². The zero-order chi connectivity index (χ0) is 3.58. The molecular weight excluding hydrogens is 102 g/mol. The van der Waals surface area contributed by atoms with Crippen molar-refractivity contribution in [2.45, 2.75) is 6.92 Å². The van der Waals surface area contributed by atoms with Crippen molar-refractivity contribution in [2.75, 3.05) is 0 Å². The van der Waals surface area contributed by atoms with Crippen LogP contribution in [-0.2, 0) is 4.79 Å². The molecule has 0 aliphatic rings. The third kappa shape index (κ3) is 50.6. The van der Waals surface area contributed by atoms with Crippen LogP contribution in [0.25, 0.3) is 0 Å². The Kier molecular flexibility index (Phi) is 25.3. The summed E-state index contributed by atoms with van der Waals surface area (Å²) >= 11 is 0. The minimum absolute atomic E-state index is 0. The molecule has 0 aliphatic carbocycles. The summed E-state index contributed by atoms with van der Waals surface area (Å²) in [5.41, 5.74) is 0. The molecule has 0 amide bonds. The first-order valence-electron chi connectivity index (χ1n) is 0.928. The fraction of sp³-hybridized carbons (Fsp3) is 0.500. The molecule has 0 bridgehead atoms. The van der Waals surface area contributed by atoms with Crippen molar-refractivity contribution in [3.05, 3.63) is 0 Å². The van der Waals surface area contributed by atoms with E-state index in [0.29, 0.717) is 0 Å². The van der Waals surface area contributed by atoms with Gasteiger partial charge >= 0.3 is 59.1 Å². The van der Waals surface area contributed by atoms with Gasteiger partial charge in [0.2, 0.25) is 0 Å². The van der Waals surface area contributed by atoms with E-state index in [2.05, 4.69) is 0 Å². The predicted molar refractivity (Wildman–Crippen MR) is 15.5 cm³/mol. The average Bonchev–Trinajstić information content (AvgIpc) is 0.811. The van der Waals surface area contributed by atoms with Crippen molar-refractivity contribution in [1.82, 2.24) is 0 Å². The van der Waals surface area contributed by atoms with Crippen LogP contribution in [0.3, 0.4) is 0 Å². The molecule has 0 unspecified atom stereocenters. The summed E-state index contributed by atoms with van der Waals surface area (Å²) in [6, 6.07) is 0. The molecule has 0 saturated heterocycles. The van der Waals surface area contributed by atoms with Gasteiger partial charge in [-0.1, -0.05) is 0 Å². The van der Waals surface area contributed by atoms with Crippen molar-refractivity contribution in [2.24, 2.45) is 0 Å². The second-order valence-electron chi connectivity index (χ2n) is 0.519. The van der Waals surface area contributed by atoms with Crippen molar-refractivity contribution < 1.29 is 71.9 Å². The molecule has 0 atom stereocenters. The summed E-state index contributed by atoms with van der Waals surface area (Å²) < 4.78 is 0. The van der Waals surface area contributed by atoms with Gasteiger partial charge in [0.05, 0.1) is 0 Å². The maximum Gasteiger partial charge on any atom is 1.00 e. The Hall–Kier alpha value is 1.47. The predicted octanol–water partition coefficient (Wildman–Crippen LogP) is -5.68. The largest absolute Gasteiger partial charge is 1.00 e. The molecule has 1 N–H and O–H groups in total. The number of hydrogen-bond donors (Lipinski definition) is 1. The average molecular weight is 108 g/mol. The van der Waals surface area contributed by atoms with E-state index < -0.39 is 5.97 Å². The molecule has 0 heterocycles. The van der Waals surface area contributed by atoms with Gasteiger partial charge in [0.15, 0.2) is 0 Å². The molecule has 0 spiro atoms. The molecule has 2 nitrogen and oxygen atoms in total. The van der Waals surface area contributed by atoms with Crippen LogP contribution < -0.4 is 59.1 Å². The van der Waals surface area contributed by atoms with Crippen LogP contribution in [0.1, 0.15) is 9.78 Å². The molecule has 0 aliphatic heterocycles. The van der Waals surface area contributed by atoms with Crippen molar-refractivity contribution in [3.8, 4) is 0 Å². The van der Waals surface area contributed by atoms with E-state index in [9.17, 15) is 0 Å². The van der Waals surface area contributed by atoms with Crippen LogP contribution in [0, 0.1) is 0 Å². The van der Waals surface area contributed by atoms with E-state index in [1.165, 1.54) is 0 Å². The van der Waals surface area contributed by atoms with Gasteiger partial charge in [-0.2, -0.15) is 0 Å². The second kappa shape index (κ2) is 9.69. The molecule has 0 saturated carbocycles. The Morgan fingerprint density at radius 2 is 1.67 bits per heavy atom. The number of aliphatic carboxylic acids is 1. The van der Waals surface area contributed by atoms with Crippen molar-refractivity contribution >= 4 is 5.97 Å². The first-order valence-corrected chi connectivity index (χ1v) is 0.928. The SMILES string of the molecule is CC(=O)O.[H-].[H-].[Na+].[Na+]. The number of hydrogen-bond acceptors (Lipinski definition) is 1. The van der Waals surface area contributed by atoms with Gasteiger partial charge in [-0.05, 0) is 0 Å². The Morgan fingerprint density at radius 1 is 1.67 bits per heavy atom. The van der Waals surface area contributed by atoms with E-state index in [0.717, 1.165) is 6.92 Å². The summed E-state index contributed by atoms with van der Waals surface area (Å²) in [4.78, 5) is 9.00. The molecule has 6 heavy (non-hydrogen) atoms. The fourth-order valence-corrected chi connectivity index (χ4v) is 0. The Morgan fingerprint density at radius 3 is 1.67 bits per heavy atom. The van der Waals surface area contributed by atoms with Crippen LogP contribution >= 0.6 is 0 Å². The van der Waals surface area contributed by atoms with Gasteiger partial charge in [0.1, 0.15) is 0 Å². The summed E-state index contributed by atoms with van der Waals surface area (Å²) in [6.07, 6.45) is 0. The van der Waals surface area contributed by atoms with Crippen molar-refractivity contribution in [1.29, 1.82) is 0 Å². The molecule has 4 heteroatoms. The smallest absolute Gasteiger partial charge is 1.00 e. The van der Waals surface area contributed by atoms with E-state index >= 15 is 0 Å². The molecule has 0 radical (unpaired) electrons. The van der Waals surface area contributed by atoms with Gasteiger partial charge in [-0.25, -0.2) is 0 Å². The Balaban J connectivity index is -0.00000000750. The van der Waals surface area contributed by atoms with Gasteiger partial charge in [-0.15, -0.1) is 0 Å². The first-order chi connectivity index (χ1) is 1.73. The molecule has 0 aromatic carbocycles. The van der Waals surface area contributed by atoms with Gasteiger partial charge < -0.3 is 7.96 Å². The molecule has 0 aromatic heterocycles. The molecule has 28 valence electrons.